The Labute approximate surface area is 197 Å². The van der Waals surface area contributed by atoms with Crippen LogP contribution in [0.15, 0.2) is 28.5 Å². The molecule has 0 unspecified atom stereocenters. The third-order valence-electron chi connectivity index (χ3n) is 5.62. The van der Waals surface area contributed by atoms with Gasteiger partial charge in [0.2, 0.25) is 15.9 Å². The second-order valence-electron chi connectivity index (χ2n) is 7.91. The van der Waals surface area contributed by atoms with E-state index in [0.29, 0.717) is 42.8 Å². The van der Waals surface area contributed by atoms with Crippen molar-refractivity contribution in [3.05, 3.63) is 29.3 Å². The van der Waals surface area contributed by atoms with Crippen LogP contribution in [0.5, 0.6) is 5.75 Å². The number of hydrogen-bond acceptors (Lipinski definition) is 7. The quantitative estimate of drug-likeness (QED) is 0.611. The van der Waals surface area contributed by atoms with Crippen LogP contribution in [0.25, 0.3) is 0 Å². The number of thiazole rings is 1. The van der Waals surface area contributed by atoms with Crippen molar-refractivity contribution in [2.45, 2.75) is 37.0 Å². The predicted octanol–water partition coefficient (Wildman–Crippen LogP) is 2.43. The van der Waals surface area contributed by atoms with Gasteiger partial charge in [0.05, 0.1) is 29.8 Å². The lowest BCUT2D eigenvalue weighted by Gasteiger charge is -2.21. The standard InChI is InChI=1S/C21H27N5O5S2/c1-31-18-7-6-16(33(29,30)25-9-4-2-3-5-10-25)13-17(18)24-19(27)12-15-14-32-21(23-15)26-11-8-22-20(26)28/h6-7,13-14H,2-5,8-12H2,1H3,(H,22,28)(H,24,27). The number of amides is 3. The first-order chi connectivity index (χ1) is 15.9. The Hall–Kier alpha value is -2.70. The van der Waals surface area contributed by atoms with Crippen LogP contribution in [0.1, 0.15) is 31.4 Å². The highest BCUT2D eigenvalue weighted by Gasteiger charge is 2.27. The Kier molecular flexibility index (Phi) is 7.15. The number of sulfonamides is 1. The molecule has 3 heterocycles. The van der Waals surface area contributed by atoms with Gasteiger partial charge in [0, 0.05) is 31.6 Å². The molecule has 2 aromatic rings. The van der Waals surface area contributed by atoms with E-state index in [0.717, 1.165) is 25.7 Å². The minimum Gasteiger partial charge on any atom is -0.495 e. The molecular weight excluding hydrogens is 466 g/mol. The number of carbonyl (C=O) groups excluding carboxylic acids is 2. The molecule has 2 saturated heterocycles. The largest absolute Gasteiger partial charge is 0.495 e. The maximum absolute atomic E-state index is 13.2. The Bertz CT molecular complexity index is 1130. The van der Waals surface area contributed by atoms with E-state index in [1.165, 1.54) is 39.8 Å². The summed E-state index contributed by atoms with van der Waals surface area (Å²) < 4.78 is 33.1. The third kappa shape index (κ3) is 5.28. The lowest BCUT2D eigenvalue weighted by molar-refractivity contribution is -0.115. The van der Waals surface area contributed by atoms with Crippen molar-refractivity contribution in [1.29, 1.82) is 0 Å². The molecule has 178 valence electrons. The van der Waals surface area contributed by atoms with Gasteiger partial charge in [0.1, 0.15) is 5.75 Å². The van der Waals surface area contributed by atoms with Crippen LogP contribution in [-0.4, -0.2) is 62.9 Å². The summed E-state index contributed by atoms with van der Waals surface area (Å²) in [6.45, 7) is 2.09. The molecule has 0 radical (unpaired) electrons. The highest BCUT2D eigenvalue weighted by atomic mass is 32.2. The lowest BCUT2D eigenvalue weighted by atomic mass is 10.2. The van der Waals surface area contributed by atoms with Gasteiger partial charge in [0.15, 0.2) is 5.13 Å². The van der Waals surface area contributed by atoms with Crippen molar-refractivity contribution in [3.63, 3.8) is 0 Å². The highest BCUT2D eigenvalue weighted by molar-refractivity contribution is 7.89. The third-order valence-corrected chi connectivity index (χ3v) is 8.42. The van der Waals surface area contributed by atoms with Crippen LogP contribution >= 0.6 is 11.3 Å². The van der Waals surface area contributed by atoms with E-state index in [1.54, 1.807) is 11.4 Å². The monoisotopic (exact) mass is 493 g/mol. The van der Waals surface area contributed by atoms with Crippen molar-refractivity contribution in [2.24, 2.45) is 0 Å². The van der Waals surface area contributed by atoms with E-state index in [9.17, 15) is 18.0 Å². The van der Waals surface area contributed by atoms with Crippen LogP contribution in [0, 0.1) is 0 Å². The number of rotatable bonds is 7. The number of methoxy groups -OCH3 is 1. The van der Waals surface area contributed by atoms with E-state index in [2.05, 4.69) is 15.6 Å². The van der Waals surface area contributed by atoms with E-state index < -0.39 is 10.0 Å². The van der Waals surface area contributed by atoms with Gasteiger partial charge in [-0.25, -0.2) is 18.2 Å². The second kappa shape index (κ2) is 10.1. The van der Waals surface area contributed by atoms with Gasteiger partial charge in [-0.05, 0) is 31.0 Å². The molecule has 1 aromatic carbocycles. The number of ether oxygens (including phenoxy) is 1. The van der Waals surface area contributed by atoms with Gasteiger partial charge in [-0.15, -0.1) is 11.3 Å². The molecule has 10 nitrogen and oxygen atoms in total. The number of anilines is 2. The number of hydrogen-bond donors (Lipinski definition) is 2. The molecule has 2 aliphatic heterocycles. The SMILES string of the molecule is COc1ccc(S(=O)(=O)N2CCCCCC2)cc1NC(=O)Cc1csc(N2CCNC2=O)n1. The van der Waals surface area contributed by atoms with Crippen molar-refractivity contribution in [2.75, 3.05) is 43.5 Å². The molecule has 12 heteroatoms. The summed E-state index contributed by atoms with van der Waals surface area (Å²) in [7, 11) is -2.21. The lowest BCUT2D eigenvalue weighted by Crippen LogP contribution is -2.32. The fourth-order valence-electron chi connectivity index (χ4n) is 3.89. The molecular formula is C21H27N5O5S2. The first-order valence-electron chi connectivity index (χ1n) is 10.9. The number of benzene rings is 1. The summed E-state index contributed by atoms with van der Waals surface area (Å²) in [6, 6.07) is 4.29. The topological polar surface area (TPSA) is 121 Å². The summed E-state index contributed by atoms with van der Waals surface area (Å²) >= 11 is 1.29. The molecule has 33 heavy (non-hydrogen) atoms. The Morgan fingerprint density at radius 3 is 2.64 bits per heavy atom. The second-order valence-corrected chi connectivity index (χ2v) is 10.7. The maximum Gasteiger partial charge on any atom is 0.323 e. The molecule has 0 bridgehead atoms. The molecule has 2 N–H and O–H groups in total. The van der Waals surface area contributed by atoms with Crippen molar-refractivity contribution in [3.8, 4) is 5.75 Å². The van der Waals surface area contributed by atoms with Gasteiger partial charge < -0.3 is 15.4 Å². The average molecular weight is 494 g/mol. The molecule has 0 aliphatic carbocycles. The highest BCUT2D eigenvalue weighted by Crippen LogP contribution is 2.30. The molecule has 3 amide bonds. The Balaban J connectivity index is 1.48. The number of nitrogens with zero attached hydrogens (tertiary/aromatic N) is 3. The predicted molar refractivity (Wildman–Crippen MR) is 125 cm³/mol. The van der Waals surface area contributed by atoms with E-state index in [4.69, 9.17) is 4.74 Å². The van der Waals surface area contributed by atoms with Crippen molar-refractivity contribution < 1.29 is 22.7 Å². The average Bonchev–Trinajstić information content (AvgIpc) is 3.32. The molecule has 2 fully saturated rings. The summed E-state index contributed by atoms with van der Waals surface area (Å²) in [5.41, 5.74) is 0.812. The summed E-state index contributed by atoms with van der Waals surface area (Å²) in [5.74, 6) is 0.00575. The first kappa shape index (κ1) is 23.5. The Morgan fingerprint density at radius 1 is 1.21 bits per heavy atom. The number of urea groups is 1. The molecule has 0 atom stereocenters. The van der Waals surface area contributed by atoms with Crippen molar-refractivity contribution >= 4 is 44.1 Å². The number of carbonyl (C=O) groups is 2. The fraction of sp³-hybridized carbons (Fsp3) is 0.476. The van der Waals surface area contributed by atoms with Gasteiger partial charge in [-0.1, -0.05) is 12.8 Å². The summed E-state index contributed by atoms with van der Waals surface area (Å²) in [6.07, 6.45) is 3.72. The zero-order valence-corrected chi connectivity index (χ0v) is 20.0. The Morgan fingerprint density at radius 2 is 1.97 bits per heavy atom. The smallest absolute Gasteiger partial charge is 0.323 e. The van der Waals surface area contributed by atoms with Gasteiger partial charge in [-0.3, -0.25) is 9.69 Å². The van der Waals surface area contributed by atoms with Crippen LogP contribution in [0.4, 0.5) is 15.6 Å². The number of aromatic nitrogens is 1. The van der Waals surface area contributed by atoms with Gasteiger partial charge in [-0.2, -0.15) is 4.31 Å². The van der Waals surface area contributed by atoms with E-state index >= 15 is 0 Å². The van der Waals surface area contributed by atoms with Crippen LogP contribution in [-0.2, 0) is 21.2 Å². The zero-order chi connectivity index (χ0) is 23.4. The van der Waals surface area contributed by atoms with Crippen molar-refractivity contribution in [1.82, 2.24) is 14.6 Å². The fourth-order valence-corrected chi connectivity index (χ4v) is 6.28. The molecule has 2 aliphatic rings. The summed E-state index contributed by atoms with van der Waals surface area (Å²) in [4.78, 5) is 30.5. The van der Waals surface area contributed by atoms with E-state index in [-0.39, 0.29) is 28.9 Å². The van der Waals surface area contributed by atoms with Gasteiger partial charge >= 0.3 is 6.03 Å². The molecule has 0 spiro atoms. The molecule has 4 rings (SSSR count). The molecule has 1 aromatic heterocycles. The van der Waals surface area contributed by atoms with Crippen LogP contribution in [0.3, 0.4) is 0 Å². The first-order valence-corrected chi connectivity index (χ1v) is 13.2. The van der Waals surface area contributed by atoms with Crippen LogP contribution < -0.4 is 20.3 Å². The number of nitrogens with one attached hydrogen (secondary N) is 2. The maximum atomic E-state index is 13.2. The van der Waals surface area contributed by atoms with Gasteiger partial charge in [0.25, 0.3) is 0 Å². The minimum atomic E-state index is -3.67. The van der Waals surface area contributed by atoms with E-state index in [1.807, 2.05) is 0 Å². The normalized spacial score (nSPS) is 17.5. The minimum absolute atomic E-state index is 0.0157. The summed E-state index contributed by atoms with van der Waals surface area (Å²) in [5, 5.41) is 7.74. The molecule has 0 saturated carbocycles. The van der Waals surface area contributed by atoms with Crippen LogP contribution in [0.2, 0.25) is 0 Å². The zero-order valence-electron chi connectivity index (χ0n) is 18.4.